The zero-order valence-electron chi connectivity index (χ0n) is 14.3. The number of non-ortho nitro benzene ring substituents is 1. The van der Waals surface area contributed by atoms with Crippen molar-refractivity contribution >= 4 is 27.3 Å². The minimum atomic E-state index is -3.93. The smallest absolute Gasteiger partial charge is 0.269 e. The Labute approximate surface area is 151 Å². The Kier molecular flexibility index (Phi) is 5.93. The number of hydrogen-bond donors (Lipinski definition) is 2. The number of rotatable bonds is 7. The summed E-state index contributed by atoms with van der Waals surface area (Å²) in [5.74, 6) is -0.00198. The highest BCUT2D eigenvalue weighted by atomic mass is 32.2. The minimum Gasteiger partial charge on any atom is -0.352 e. The van der Waals surface area contributed by atoms with Crippen LogP contribution in [0.3, 0.4) is 0 Å². The Bertz CT molecular complexity index is 908. The van der Waals surface area contributed by atoms with E-state index >= 15 is 0 Å². The number of carbonyl (C=O) groups excluding carboxylic acids is 1. The third kappa shape index (κ3) is 5.03. The highest BCUT2D eigenvalue weighted by molar-refractivity contribution is 7.92. The first-order valence-electron chi connectivity index (χ1n) is 7.84. The van der Waals surface area contributed by atoms with Crippen molar-refractivity contribution < 1.29 is 18.1 Å². The van der Waals surface area contributed by atoms with Gasteiger partial charge in [-0.2, -0.15) is 0 Å². The molecule has 0 aliphatic rings. The SMILES string of the molecule is CC(C)CNC(=O)c1cccc(NS(=O)(=O)c2ccc([N+](=O)[O-])cc2)c1. The molecule has 0 radical (unpaired) electrons. The summed E-state index contributed by atoms with van der Waals surface area (Å²) in [5.41, 5.74) is 0.350. The van der Waals surface area contributed by atoms with Crippen LogP contribution in [0.15, 0.2) is 53.4 Å². The molecule has 0 heterocycles. The van der Waals surface area contributed by atoms with Crippen molar-refractivity contribution in [3.8, 4) is 0 Å². The standard InChI is InChI=1S/C17H19N3O5S/c1-12(2)11-18-17(21)13-4-3-5-14(10-13)19-26(24,25)16-8-6-15(7-9-16)20(22)23/h3-10,12,19H,11H2,1-2H3,(H,18,21). The first kappa shape index (κ1) is 19.4. The number of nitro groups is 1. The maximum atomic E-state index is 12.4. The van der Waals surface area contributed by atoms with Crippen molar-refractivity contribution in [2.75, 3.05) is 11.3 Å². The Hall–Kier alpha value is -2.94. The van der Waals surface area contributed by atoms with Gasteiger partial charge in [-0.05, 0) is 36.2 Å². The molecule has 0 aliphatic heterocycles. The maximum Gasteiger partial charge on any atom is 0.269 e. The van der Waals surface area contributed by atoms with Crippen LogP contribution in [0.5, 0.6) is 0 Å². The van der Waals surface area contributed by atoms with E-state index in [4.69, 9.17) is 0 Å². The third-order valence-electron chi connectivity index (χ3n) is 3.41. The zero-order valence-corrected chi connectivity index (χ0v) is 15.1. The van der Waals surface area contributed by atoms with Crippen molar-refractivity contribution in [3.05, 3.63) is 64.2 Å². The molecule has 0 bridgehead atoms. The molecule has 0 aliphatic carbocycles. The number of sulfonamides is 1. The van der Waals surface area contributed by atoms with E-state index in [2.05, 4.69) is 10.0 Å². The number of carbonyl (C=O) groups is 1. The minimum absolute atomic E-state index is 0.113. The van der Waals surface area contributed by atoms with Crippen molar-refractivity contribution in [1.82, 2.24) is 5.32 Å². The molecule has 8 nitrogen and oxygen atoms in total. The number of nitrogens with one attached hydrogen (secondary N) is 2. The fourth-order valence-electron chi connectivity index (χ4n) is 2.08. The zero-order chi connectivity index (χ0) is 19.3. The van der Waals surface area contributed by atoms with Crippen LogP contribution in [0, 0.1) is 16.0 Å². The molecule has 9 heteroatoms. The van der Waals surface area contributed by atoms with Crippen molar-refractivity contribution in [2.45, 2.75) is 18.7 Å². The normalized spacial score (nSPS) is 11.2. The molecule has 2 N–H and O–H groups in total. The number of hydrogen-bond acceptors (Lipinski definition) is 5. The van der Waals surface area contributed by atoms with Crippen molar-refractivity contribution in [2.24, 2.45) is 5.92 Å². The fourth-order valence-corrected chi connectivity index (χ4v) is 3.13. The lowest BCUT2D eigenvalue weighted by Crippen LogP contribution is -2.27. The number of amides is 1. The summed E-state index contributed by atoms with van der Waals surface area (Å²) in [5, 5.41) is 13.4. The van der Waals surface area contributed by atoms with Crippen LogP contribution in [-0.2, 0) is 10.0 Å². The van der Waals surface area contributed by atoms with Crippen molar-refractivity contribution in [1.29, 1.82) is 0 Å². The van der Waals surface area contributed by atoms with E-state index in [1.807, 2.05) is 13.8 Å². The van der Waals surface area contributed by atoms with Gasteiger partial charge in [0.25, 0.3) is 21.6 Å². The number of nitro benzene ring substituents is 1. The molecule has 2 aromatic carbocycles. The molecule has 0 fully saturated rings. The van der Waals surface area contributed by atoms with Crippen LogP contribution in [0.1, 0.15) is 24.2 Å². The van der Waals surface area contributed by atoms with E-state index in [1.54, 1.807) is 12.1 Å². The fraction of sp³-hybridized carbons (Fsp3) is 0.235. The lowest BCUT2D eigenvalue weighted by Gasteiger charge is -2.11. The van der Waals surface area contributed by atoms with Crippen LogP contribution in [0.2, 0.25) is 0 Å². The molecule has 0 saturated carbocycles. The second-order valence-electron chi connectivity index (χ2n) is 6.04. The van der Waals surface area contributed by atoms with Crippen LogP contribution >= 0.6 is 0 Å². The van der Waals surface area contributed by atoms with E-state index in [0.29, 0.717) is 18.0 Å². The summed E-state index contributed by atoms with van der Waals surface area (Å²) in [6.45, 7) is 4.45. The topological polar surface area (TPSA) is 118 Å². The van der Waals surface area contributed by atoms with Gasteiger partial charge in [0, 0.05) is 29.9 Å². The van der Waals surface area contributed by atoms with Gasteiger partial charge < -0.3 is 5.32 Å². The van der Waals surface area contributed by atoms with E-state index < -0.39 is 14.9 Å². The largest absolute Gasteiger partial charge is 0.352 e. The van der Waals surface area contributed by atoms with E-state index in [0.717, 1.165) is 24.3 Å². The Morgan fingerprint density at radius 2 is 1.81 bits per heavy atom. The van der Waals surface area contributed by atoms with Crippen LogP contribution in [0.4, 0.5) is 11.4 Å². The van der Waals surface area contributed by atoms with E-state index in [1.165, 1.54) is 12.1 Å². The molecule has 2 rings (SSSR count). The van der Waals surface area contributed by atoms with E-state index in [9.17, 15) is 23.3 Å². The van der Waals surface area contributed by atoms with Crippen LogP contribution in [0.25, 0.3) is 0 Å². The maximum absolute atomic E-state index is 12.4. The van der Waals surface area contributed by atoms with Gasteiger partial charge in [0.15, 0.2) is 0 Å². The number of benzene rings is 2. The molecule has 2 aromatic rings. The summed E-state index contributed by atoms with van der Waals surface area (Å²) < 4.78 is 27.2. The highest BCUT2D eigenvalue weighted by Gasteiger charge is 2.17. The van der Waals surface area contributed by atoms with Crippen LogP contribution in [-0.4, -0.2) is 25.8 Å². The second kappa shape index (κ2) is 7.96. The number of nitrogens with zero attached hydrogens (tertiary/aromatic N) is 1. The van der Waals surface area contributed by atoms with Crippen molar-refractivity contribution in [3.63, 3.8) is 0 Å². The first-order valence-corrected chi connectivity index (χ1v) is 9.33. The van der Waals surface area contributed by atoms with Gasteiger partial charge in [0.05, 0.1) is 9.82 Å². The van der Waals surface area contributed by atoms with Gasteiger partial charge in [-0.25, -0.2) is 8.42 Å². The lowest BCUT2D eigenvalue weighted by atomic mass is 10.1. The average molecular weight is 377 g/mol. The molecule has 0 spiro atoms. The molecule has 26 heavy (non-hydrogen) atoms. The van der Waals surface area contributed by atoms with Gasteiger partial charge in [-0.3, -0.25) is 19.6 Å². The lowest BCUT2D eigenvalue weighted by molar-refractivity contribution is -0.384. The first-order chi connectivity index (χ1) is 12.2. The van der Waals surface area contributed by atoms with Gasteiger partial charge in [0.2, 0.25) is 0 Å². The molecule has 0 unspecified atom stereocenters. The molecular formula is C17H19N3O5S. The molecule has 1 amide bonds. The average Bonchev–Trinajstić information content (AvgIpc) is 2.59. The second-order valence-corrected chi connectivity index (χ2v) is 7.72. The van der Waals surface area contributed by atoms with Gasteiger partial charge >= 0.3 is 0 Å². The van der Waals surface area contributed by atoms with Gasteiger partial charge in [-0.1, -0.05) is 19.9 Å². The summed E-state index contributed by atoms with van der Waals surface area (Å²) >= 11 is 0. The summed E-state index contributed by atoms with van der Waals surface area (Å²) in [6.07, 6.45) is 0. The molecular weight excluding hydrogens is 358 g/mol. The number of anilines is 1. The molecule has 0 saturated heterocycles. The predicted octanol–water partition coefficient (Wildman–Crippen LogP) is 2.78. The van der Waals surface area contributed by atoms with Gasteiger partial charge in [0.1, 0.15) is 0 Å². The van der Waals surface area contributed by atoms with E-state index in [-0.39, 0.29) is 22.2 Å². The Morgan fingerprint density at radius 3 is 2.38 bits per heavy atom. The Balaban J connectivity index is 2.17. The van der Waals surface area contributed by atoms with Crippen LogP contribution < -0.4 is 10.0 Å². The summed E-state index contributed by atoms with van der Waals surface area (Å²) in [4.78, 5) is 22.0. The third-order valence-corrected chi connectivity index (χ3v) is 4.80. The Morgan fingerprint density at radius 1 is 1.15 bits per heavy atom. The predicted molar refractivity (Wildman–Crippen MR) is 97.5 cm³/mol. The monoisotopic (exact) mass is 377 g/mol. The summed E-state index contributed by atoms with van der Waals surface area (Å²) in [6, 6.07) is 10.6. The molecule has 0 atom stereocenters. The summed E-state index contributed by atoms with van der Waals surface area (Å²) in [7, 11) is -3.93. The molecule has 0 aromatic heterocycles. The molecule has 138 valence electrons. The quantitative estimate of drug-likeness (QED) is 0.568. The van der Waals surface area contributed by atoms with Gasteiger partial charge in [-0.15, -0.1) is 0 Å². The highest BCUT2D eigenvalue weighted by Crippen LogP contribution is 2.20.